The standard InChI is InChI=1S/C19H21N3O/c1-14(19(23)15-9-5-4-6-10-15)22-17-12-8-7-11-16(17)20-18(22)13-21(2)3/h4-12,14H,13H2,1-3H3. The zero-order valence-corrected chi connectivity index (χ0v) is 13.7. The maximum atomic E-state index is 12.9. The number of Topliss-reactive ketones (excluding diaryl/α,β-unsaturated/α-hetero) is 1. The molecule has 0 aliphatic carbocycles. The number of carbonyl (C=O) groups is 1. The van der Waals surface area contributed by atoms with Crippen LogP contribution in [0.4, 0.5) is 0 Å². The summed E-state index contributed by atoms with van der Waals surface area (Å²) < 4.78 is 2.06. The lowest BCUT2D eigenvalue weighted by Crippen LogP contribution is -2.22. The van der Waals surface area contributed by atoms with Crippen LogP contribution in [-0.4, -0.2) is 34.3 Å². The number of carbonyl (C=O) groups excluding carboxylic acids is 1. The Bertz CT molecular complexity index is 821. The maximum absolute atomic E-state index is 12.9. The fourth-order valence-electron chi connectivity index (χ4n) is 2.88. The summed E-state index contributed by atoms with van der Waals surface area (Å²) in [7, 11) is 4.01. The van der Waals surface area contributed by atoms with Crippen molar-refractivity contribution in [1.29, 1.82) is 0 Å². The first-order valence-electron chi connectivity index (χ1n) is 7.78. The third-order valence-electron chi connectivity index (χ3n) is 3.95. The minimum Gasteiger partial charge on any atom is -0.316 e. The summed E-state index contributed by atoms with van der Waals surface area (Å²) in [5, 5.41) is 0. The monoisotopic (exact) mass is 307 g/mol. The van der Waals surface area contributed by atoms with Gasteiger partial charge in [-0.1, -0.05) is 42.5 Å². The summed E-state index contributed by atoms with van der Waals surface area (Å²) in [4.78, 5) is 19.6. The maximum Gasteiger partial charge on any atom is 0.185 e. The van der Waals surface area contributed by atoms with Gasteiger partial charge in [-0.05, 0) is 33.2 Å². The molecule has 3 aromatic rings. The lowest BCUT2D eigenvalue weighted by atomic mass is 10.1. The number of hydrogen-bond acceptors (Lipinski definition) is 3. The second-order valence-electron chi connectivity index (χ2n) is 6.03. The van der Waals surface area contributed by atoms with Crippen molar-refractivity contribution in [2.24, 2.45) is 0 Å². The van der Waals surface area contributed by atoms with Crippen LogP contribution in [0.25, 0.3) is 11.0 Å². The number of para-hydroxylation sites is 2. The molecule has 1 aromatic heterocycles. The largest absolute Gasteiger partial charge is 0.316 e. The smallest absolute Gasteiger partial charge is 0.185 e. The van der Waals surface area contributed by atoms with Crippen molar-refractivity contribution in [2.45, 2.75) is 19.5 Å². The van der Waals surface area contributed by atoms with Gasteiger partial charge in [0.15, 0.2) is 5.78 Å². The van der Waals surface area contributed by atoms with Crippen molar-refractivity contribution in [3.05, 3.63) is 66.0 Å². The number of ketones is 1. The van der Waals surface area contributed by atoms with Gasteiger partial charge in [0.25, 0.3) is 0 Å². The van der Waals surface area contributed by atoms with Gasteiger partial charge in [-0.25, -0.2) is 4.98 Å². The number of rotatable bonds is 5. The average molecular weight is 307 g/mol. The van der Waals surface area contributed by atoms with Crippen LogP contribution in [0.2, 0.25) is 0 Å². The summed E-state index contributed by atoms with van der Waals surface area (Å²) in [6, 6.07) is 17.1. The van der Waals surface area contributed by atoms with E-state index in [1.165, 1.54) is 0 Å². The van der Waals surface area contributed by atoms with E-state index in [1.807, 2.05) is 75.6 Å². The van der Waals surface area contributed by atoms with Crippen LogP contribution in [-0.2, 0) is 6.54 Å². The van der Waals surface area contributed by atoms with Gasteiger partial charge >= 0.3 is 0 Å². The van der Waals surface area contributed by atoms with Crippen LogP contribution in [0, 0.1) is 0 Å². The van der Waals surface area contributed by atoms with Crippen molar-refractivity contribution in [3.8, 4) is 0 Å². The highest BCUT2D eigenvalue weighted by Gasteiger charge is 2.22. The Balaban J connectivity index is 2.08. The summed E-state index contributed by atoms with van der Waals surface area (Å²) in [6.07, 6.45) is 0. The Morgan fingerprint density at radius 2 is 1.74 bits per heavy atom. The molecule has 0 amide bonds. The first-order chi connectivity index (χ1) is 11.1. The number of imidazole rings is 1. The molecule has 0 spiro atoms. The van der Waals surface area contributed by atoms with E-state index in [0.29, 0.717) is 6.54 Å². The van der Waals surface area contributed by atoms with Crippen LogP contribution >= 0.6 is 0 Å². The predicted molar refractivity (Wildman–Crippen MR) is 92.6 cm³/mol. The third kappa shape index (κ3) is 3.03. The molecular formula is C19H21N3O. The molecule has 0 aliphatic heterocycles. The third-order valence-corrected chi connectivity index (χ3v) is 3.95. The van der Waals surface area contributed by atoms with Crippen LogP contribution in [0.15, 0.2) is 54.6 Å². The highest BCUT2D eigenvalue weighted by molar-refractivity contribution is 5.99. The first kappa shape index (κ1) is 15.4. The topological polar surface area (TPSA) is 38.1 Å². The molecule has 0 fully saturated rings. The number of benzene rings is 2. The number of hydrogen-bond donors (Lipinski definition) is 0. The molecular weight excluding hydrogens is 286 g/mol. The van der Waals surface area contributed by atoms with E-state index in [9.17, 15) is 4.79 Å². The molecule has 3 rings (SSSR count). The molecule has 4 nitrogen and oxygen atoms in total. The first-order valence-corrected chi connectivity index (χ1v) is 7.78. The van der Waals surface area contributed by atoms with E-state index in [2.05, 4.69) is 9.47 Å². The minimum atomic E-state index is -0.292. The highest BCUT2D eigenvalue weighted by atomic mass is 16.1. The van der Waals surface area contributed by atoms with Crippen molar-refractivity contribution < 1.29 is 4.79 Å². The van der Waals surface area contributed by atoms with Crippen molar-refractivity contribution >= 4 is 16.8 Å². The van der Waals surface area contributed by atoms with Crippen LogP contribution < -0.4 is 0 Å². The zero-order valence-electron chi connectivity index (χ0n) is 13.7. The van der Waals surface area contributed by atoms with Gasteiger partial charge in [0, 0.05) is 5.56 Å². The second-order valence-corrected chi connectivity index (χ2v) is 6.03. The molecule has 1 atom stereocenters. The van der Waals surface area contributed by atoms with Gasteiger partial charge in [-0.3, -0.25) is 4.79 Å². The molecule has 0 saturated heterocycles. The van der Waals surface area contributed by atoms with Crippen LogP contribution in [0.1, 0.15) is 29.1 Å². The Morgan fingerprint density at radius 3 is 2.43 bits per heavy atom. The van der Waals surface area contributed by atoms with E-state index in [4.69, 9.17) is 4.98 Å². The average Bonchev–Trinajstić information content (AvgIpc) is 2.91. The molecule has 0 aliphatic rings. The Morgan fingerprint density at radius 1 is 1.09 bits per heavy atom. The lowest BCUT2D eigenvalue weighted by molar-refractivity contribution is 0.0934. The number of aromatic nitrogens is 2. The summed E-state index contributed by atoms with van der Waals surface area (Å²) >= 11 is 0. The SMILES string of the molecule is CC(C(=O)c1ccccc1)n1c(CN(C)C)nc2ccccc21. The molecule has 4 heteroatoms. The molecule has 118 valence electrons. The molecule has 0 N–H and O–H groups in total. The highest BCUT2D eigenvalue weighted by Crippen LogP contribution is 2.24. The minimum absolute atomic E-state index is 0.105. The Labute approximate surface area is 136 Å². The summed E-state index contributed by atoms with van der Waals surface area (Å²) in [5.74, 6) is 1.02. The van der Waals surface area contributed by atoms with E-state index in [-0.39, 0.29) is 11.8 Å². The van der Waals surface area contributed by atoms with Gasteiger partial charge in [0.1, 0.15) is 5.82 Å². The fourth-order valence-corrected chi connectivity index (χ4v) is 2.88. The number of fused-ring (bicyclic) bond motifs is 1. The van der Waals surface area contributed by atoms with Gasteiger partial charge in [-0.15, -0.1) is 0 Å². The molecule has 23 heavy (non-hydrogen) atoms. The number of nitrogens with zero attached hydrogens (tertiary/aromatic N) is 3. The summed E-state index contributed by atoms with van der Waals surface area (Å²) in [5.41, 5.74) is 2.66. The predicted octanol–water partition coefficient (Wildman–Crippen LogP) is 3.54. The zero-order chi connectivity index (χ0) is 16.4. The lowest BCUT2D eigenvalue weighted by Gasteiger charge is -2.18. The van der Waals surface area contributed by atoms with Gasteiger partial charge in [0.05, 0.1) is 23.6 Å². The van der Waals surface area contributed by atoms with Crippen LogP contribution in [0.3, 0.4) is 0 Å². The van der Waals surface area contributed by atoms with E-state index < -0.39 is 0 Å². The van der Waals surface area contributed by atoms with Gasteiger partial charge in [-0.2, -0.15) is 0 Å². The molecule has 0 bridgehead atoms. The molecule has 0 radical (unpaired) electrons. The molecule has 2 aromatic carbocycles. The Hall–Kier alpha value is -2.46. The second kappa shape index (κ2) is 6.34. The quantitative estimate of drug-likeness (QED) is 0.677. The normalized spacial score (nSPS) is 12.7. The van der Waals surface area contributed by atoms with E-state index in [0.717, 1.165) is 22.4 Å². The Kier molecular flexibility index (Phi) is 4.26. The molecule has 1 unspecified atom stereocenters. The van der Waals surface area contributed by atoms with Crippen LogP contribution in [0.5, 0.6) is 0 Å². The summed E-state index contributed by atoms with van der Waals surface area (Å²) in [6.45, 7) is 2.64. The molecule has 1 heterocycles. The van der Waals surface area contributed by atoms with Crippen molar-refractivity contribution in [3.63, 3.8) is 0 Å². The molecule has 0 saturated carbocycles. The van der Waals surface area contributed by atoms with Gasteiger partial charge < -0.3 is 9.47 Å². The van der Waals surface area contributed by atoms with E-state index in [1.54, 1.807) is 0 Å². The van der Waals surface area contributed by atoms with E-state index >= 15 is 0 Å². The fraction of sp³-hybridized carbons (Fsp3) is 0.263. The van der Waals surface area contributed by atoms with Crippen molar-refractivity contribution in [2.75, 3.05) is 14.1 Å². The van der Waals surface area contributed by atoms with Gasteiger partial charge in [0.2, 0.25) is 0 Å². The van der Waals surface area contributed by atoms with Crippen molar-refractivity contribution in [1.82, 2.24) is 14.5 Å².